The van der Waals surface area contributed by atoms with Crippen LogP contribution in [0.3, 0.4) is 0 Å². The second kappa shape index (κ2) is 4.82. The molecule has 2 nitrogen and oxygen atoms in total. The van der Waals surface area contributed by atoms with Crippen LogP contribution >= 0.6 is 11.6 Å². The van der Waals surface area contributed by atoms with Crippen LogP contribution in [0.5, 0.6) is 0 Å². The Morgan fingerprint density at radius 1 is 1.42 bits per heavy atom. The maximum atomic E-state index is 12.6. The van der Waals surface area contributed by atoms with Crippen LogP contribution in [0.1, 0.15) is 44.6 Å². The molecule has 102 valence electrons. The van der Waals surface area contributed by atoms with Gasteiger partial charge >= 0.3 is 0 Å². The lowest BCUT2D eigenvalue weighted by Gasteiger charge is -2.41. The fraction of sp³-hybridized carbons (Fsp3) is 0.562. The summed E-state index contributed by atoms with van der Waals surface area (Å²) in [6.45, 7) is 2.12. The van der Waals surface area contributed by atoms with Gasteiger partial charge in [-0.3, -0.25) is 4.79 Å². The van der Waals surface area contributed by atoms with Gasteiger partial charge in [-0.1, -0.05) is 30.2 Å². The van der Waals surface area contributed by atoms with Gasteiger partial charge in [0.05, 0.1) is 5.41 Å². The van der Waals surface area contributed by atoms with Crippen LogP contribution in [0.2, 0.25) is 5.02 Å². The maximum Gasteiger partial charge on any atom is 0.230 e. The van der Waals surface area contributed by atoms with E-state index >= 15 is 0 Å². The molecule has 0 aromatic heterocycles. The molecule has 0 spiro atoms. The number of carbonyl (C=O) groups excluding carboxylic acids is 1. The molecule has 3 heteroatoms. The number of halogens is 1. The minimum Gasteiger partial charge on any atom is -0.353 e. The van der Waals surface area contributed by atoms with E-state index in [9.17, 15) is 4.79 Å². The van der Waals surface area contributed by atoms with Gasteiger partial charge in [0, 0.05) is 11.1 Å². The Morgan fingerprint density at radius 2 is 2.16 bits per heavy atom. The van der Waals surface area contributed by atoms with Gasteiger partial charge in [0.1, 0.15) is 0 Å². The fourth-order valence-corrected chi connectivity index (χ4v) is 3.21. The van der Waals surface area contributed by atoms with E-state index in [4.69, 9.17) is 11.6 Å². The minimum absolute atomic E-state index is 0.195. The summed E-state index contributed by atoms with van der Waals surface area (Å²) in [5.74, 6) is 0.890. The Hall–Kier alpha value is -1.02. The molecule has 3 rings (SSSR count). The van der Waals surface area contributed by atoms with Gasteiger partial charge in [0.25, 0.3) is 0 Å². The predicted molar refractivity (Wildman–Crippen MR) is 77.3 cm³/mol. The van der Waals surface area contributed by atoms with Crippen LogP contribution in [0.15, 0.2) is 24.3 Å². The zero-order chi connectivity index (χ0) is 13.5. The summed E-state index contributed by atoms with van der Waals surface area (Å²) < 4.78 is 0. The van der Waals surface area contributed by atoms with Crippen LogP contribution < -0.4 is 5.32 Å². The van der Waals surface area contributed by atoms with Crippen LogP contribution in [0, 0.1) is 5.92 Å². The van der Waals surface area contributed by atoms with Gasteiger partial charge in [-0.25, -0.2) is 0 Å². The van der Waals surface area contributed by atoms with E-state index in [0.717, 1.165) is 24.8 Å². The second-order valence-electron chi connectivity index (χ2n) is 6.05. The first-order chi connectivity index (χ1) is 9.12. The summed E-state index contributed by atoms with van der Waals surface area (Å²) >= 11 is 6.07. The SMILES string of the molecule is CC(NC(=O)C1(c2cccc(Cl)c2)CCC1)C1CC1. The van der Waals surface area contributed by atoms with Gasteiger partial charge in [0.15, 0.2) is 0 Å². The molecule has 0 aliphatic heterocycles. The Balaban J connectivity index is 1.80. The highest BCUT2D eigenvalue weighted by Gasteiger charge is 2.46. The normalized spacial score (nSPS) is 22.4. The summed E-state index contributed by atoms with van der Waals surface area (Å²) in [7, 11) is 0. The molecule has 2 fully saturated rings. The van der Waals surface area contributed by atoms with Crippen molar-refractivity contribution in [2.24, 2.45) is 5.92 Å². The van der Waals surface area contributed by atoms with E-state index in [1.54, 1.807) is 0 Å². The van der Waals surface area contributed by atoms with Crippen LogP contribution in [0.4, 0.5) is 0 Å². The van der Waals surface area contributed by atoms with Crippen molar-refractivity contribution in [3.8, 4) is 0 Å². The van der Waals surface area contributed by atoms with Gasteiger partial charge in [-0.2, -0.15) is 0 Å². The molecule has 0 saturated heterocycles. The van der Waals surface area contributed by atoms with Crippen molar-refractivity contribution in [3.63, 3.8) is 0 Å². The summed E-state index contributed by atoms with van der Waals surface area (Å²) in [4.78, 5) is 12.6. The zero-order valence-electron chi connectivity index (χ0n) is 11.3. The summed E-state index contributed by atoms with van der Waals surface area (Å²) in [5.41, 5.74) is 0.750. The van der Waals surface area contributed by atoms with E-state index in [-0.39, 0.29) is 11.3 Å². The molecule has 1 aromatic rings. The van der Waals surface area contributed by atoms with Crippen molar-refractivity contribution in [1.82, 2.24) is 5.32 Å². The Labute approximate surface area is 119 Å². The fourth-order valence-electron chi connectivity index (χ4n) is 3.02. The summed E-state index contributed by atoms with van der Waals surface area (Å²) in [5, 5.41) is 3.94. The van der Waals surface area contributed by atoms with Crippen molar-refractivity contribution in [3.05, 3.63) is 34.9 Å². The second-order valence-corrected chi connectivity index (χ2v) is 6.48. The van der Waals surface area contributed by atoms with Crippen LogP contribution in [-0.2, 0) is 10.2 Å². The molecule has 0 heterocycles. The highest BCUT2D eigenvalue weighted by Crippen LogP contribution is 2.45. The molecule has 2 aliphatic rings. The molecule has 0 bridgehead atoms. The third kappa shape index (κ3) is 2.38. The van der Waals surface area contributed by atoms with Crippen molar-refractivity contribution in [2.75, 3.05) is 0 Å². The Kier molecular flexibility index (Phi) is 3.30. The number of rotatable bonds is 4. The number of benzene rings is 1. The molecule has 1 aromatic carbocycles. The molecule has 2 saturated carbocycles. The lowest BCUT2D eigenvalue weighted by Crippen LogP contribution is -2.51. The molecule has 1 amide bonds. The largest absolute Gasteiger partial charge is 0.353 e. The van der Waals surface area contributed by atoms with Gasteiger partial charge in [0.2, 0.25) is 5.91 Å². The van der Waals surface area contributed by atoms with E-state index < -0.39 is 0 Å². The monoisotopic (exact) mass is 277 g/mol. The third-order valence-corrected chi connectivity index (χ3v) is 4.94. The third-order valence-electron chi connectivity index (χ3n) is 4.71. The molecule has 19 heavy (non-hydrogen) atoms. The smallest absolute Gasteiger partial charge is 0.230 e. The first kappa shape index (κ1) is 13.0. The molecule has 1 unspecified atom stereocenters. The van der Waals surface area contributed by atoms with Crippen LogP contribution in [-0.4, -0.2) is 11.9 Å². The highest BCUT2D eigenvalue weighted by molar-refractivity contribution is 6.30. The predicted octanol–water partition coefficient (Wildman–Crippen LogP) is 3.68. The minimum atomic E-state index is -0.325. The van der Waals surface area contributed by atoms with E-state index in [0.29, 0.717) is 17.0 Å². The summed E-state index contributed by atoms with van der Waals surface area (Å²) in [6.07, 6.45) is 5.52. The van der Waals surface area contributed by atoms with Crippen molar-refractivity contribution < 1.29 is 4.79 Å². The van der Waals surface area contributed by atoms with Gasteiger partial charge in [-0.15, -0.1) is 0 Å². The molecular weight excluding hydrogens is 258 g/mol. The Morgan fingerprint density at radius 3 is 2.68 bits per heavy atom. The molecule has 0 radical (unpaired) electrons. The molecular formula is C16H20ClNO. The van der Waals surface area contributed by atoms with Gasteiger partial charge < -0.3 is 5.32 Å². The molecule has 1 N–H and O–H groups in total. The average molecular weight is 278 g/mol. The van der Waals surface area contributed by atoms with E-state index in [1.165, 1.54) is 12.8 Å². The van der Waals surface area contributed by atoms with Crippen molar-refractivity contribution in [1.29, 1.82) is 0 Å². The quantitative estimate of drug-likeness (QED) is 0.894. The van der Waals surface area contributed by atoms with E-state index in [2.05, 4.69) is 12.2 Å². The number of amides is 1. The number of nitrogens with one attached hydrogen (secondary N) is 1. The number of hydrogen-bond acceptors (Lipinski definition) is 1. The van der Waals surface area contributed by atoms with Crippen LogP contribution in [0.25, 0.3) is 0 Å². The number of hydrogen-bond donors (Lipinski definition) is 1. The van der Waals surface area contributed by atoms with E-state index in [1.807, 2.05) is 24.3 Å². The van der Waals surface area contributed by atoms with Gasteiger partial charge in [-0.05, 0) is 56.2 Å². The molecule has 2 aliphatic carbocycles. The zero-order valence-corrected chi connectivity index (χ0v) is 12.0. The van der Waals surface area contributed by atoms with Crippen molar-refractivity contribution >= 4 is 17.5 Å². The topological polar surface area (TPSA) is 29.1 Å². The maximum absolute atomic E-state index is 12.6. The first-order valence-electron chi connectivity index (χ1n) is 7.19. The number of carbonyl (C=O) groups is 1. The standard InChI is InChI=1S/C16H20ClNO/c1-11(12-6-7-12)18-15(19)16(8-3-9-16)13-4-2-5-14(17)10-13/h2,4-5,10-12H,3,6-9H2,1H3,(H,18,19). The van der Waals surface area contributed by atoms with Crippen molar-refractivity contribution in [2.45, 2.75) is 50.5 Å². The summed E-state index contributed by atoms with van der Waals surface area (Å²) in [6, 6.07) is 8.09. The molecule has 1 atom stereocenters. The average Bonchev–Trinajstić information content (AvgIpc) is 3.10. The lowest BCUT2D eigenvalue weighted by atomic mass is 9.63. The lowest BCUT2D eigenvalue weighted by molar-refractivity contribution is -0.130. The first-order valence-corrected chi connectivity index (χ1v) is 7.57. The highest BCUT2D eigenvalue weighted by atomic mass is 35.5. The Bertz CT molecular complexity index is 491.